The first-order valence-corrected chi connectivity index (χ1v) is 9.41. The Morgan fingerprint density at radius 1 is 1.29 bits per heavy atom. The SMILES string of the molecule is CCCCC1CCC(C(Br)c2cc(C)c(F)cc2Cl)CC1. The van der Waals surface area contributed by atoms with Crippen LogP contribution in [0.3, 0.4) is 0 Å². The Balaban J connectivity index is 1.99. The minimum absolute atomic E-state index is 0.216. The van der Waals surface area contributed by atoms with Crippen molar-refractivity contribution < 1.29 is 4.39 Å². The number of rotatable bonds is 5. The number of alkyl halides is 1. The first kappa shape index (κ1) is 17.3. The van der Waals surface area contributed by atoms with Gasteiger partial charge < -0.3 is 0 Å². The molecule has 0 aromatic heterocycles. The third kappa shape index (κ3) is 4.45. The van der Waals surface area contributed by atoms with Gasteiger partial charge in [0.1, 0.15) is 5.82 Å². The molecule has 21 heavy (non-hydrogen) atoms. The number of aryl methyl sites for hydroxylation is 1. The van der Waals surface area contributed by atoms with Gasteiger partial charge in [0, 0.05) is 9.85 Å². The Labute approximate surface area is 141 Å². The van der Waals surface area contributed by atoms with Gasteiger partial charge in [-0.3, -0.25) is 0 Å². The summed E-state index contributed by atoms with van der Waals surface area (Å²) in [6.07, 6.45) is 9.18. The van der Waals surface area contributed by atoms with E-state index in [2.05, 4.69) is 22.9 Å². The van der Waals surface area contributed by atoms with Gasteiger partial charge in [0.15, 0.2) is 0 Å². The fourth-order valence-electron chi connectivity index (χ4n) is 3.41. The molecule has 1 aromatic rings. The van der Waals surface area contributed by atoms with E-state index in [0.29, 0.717) is 16.5 Å². The van der Waals surface area contributed by atoms with Gasteiger partial charge in [0.2, 0.25) is 0 Å². The lowest BCUT2D eigenvalue weighted by Gasteiger charge is -2.32. The smallest absolute Gasteiger partial charge is 0.127 e. The molecule has 0 radical (unpaired) electrons. The summed E-state index contributed by atoms with van der Waals surface area (Å²) in [5.74, 6) is 1.31. The molecule has 1 fully saturated rings. The van der Waals surface area contributed by atoms with Gasteiger partial charge in [-0.2, -0.15) is 0 Å². The first-order chi connectivity index (χ1) is 10.0. The van der Waals surface area contributed by atoms with Crippen LogP contribution in [-0.2, 0) is 0 Å². The molecule has 0 bridgehead atoms. The van der Waals surface area contributed by atoms with E-state index >= 15 is 0 Å². The highest BCUT2D eigenvalue weighted by atomic mass is 79.9. The number of benzene rings is 1. The molecule has 0 heterocycles. The second kappa shape index (κ2) is 7.97. The normalized spacial score (nSPS) is 24.0. The summed E-state index contributed by atoms with van der Waals surface area (Å²) in [6.45, 7) is 4.07. The molecule has 1 aromatic carbocycles. The average molecular weight is 376 g/mol. The Bertz CT molecular complexity index is 467. The monoisotopic (exact) mass is 374 g/mol. The van der Waals surface area contributed by atoms with Crippen LogP contribution in [0.15, 0.2) is 12.1 Å². The predicted molar refractivity (Wildman–Crippen MR) is 92.8 cm³/mol. The van der Waals surface area contributed by atoms with Gasteiger partial charge in [0.25, 0.3) is 0 Å². The van der Waals surface area contributed by atoms with Crippen LogP contribution >= 0.6 is 27.5 Å². The van der Waals surface area contributed by atoms with E-state index in [0.717, 1.165) is 11.5 Å². The highest BCUT2D eigenvalue weighted by Gasteiger charge is 2.28. The Kier molecular flexibility index (Phi) is 6.55. The molecule has 1 unspecified atom stereocenters. The Morgan fingerprint density at radius 3 is 2.57 bits per heavy atom. The van der Waals surface area contributed by atoms with Crippen LogP contribution in [0.4, 0.5) is 4.39 Å². The highest BCUT2D eigenvalue weighted by molar-refractivity contribution is 9.09. The van der Waals surface area contributed by atoms with E-state index in [4.69, 9.17) is 11.6 Å². The minimum atomic E-state index is -0.216. The predicted octanol–water partition coefficient (Wildman–Crippen LogP) is 7.22. The van der Waals surface area contributed by atoms with Crippen LogP contribution in [0, 0.1) is 24.6 Å². The van der Waals surface area contributed by atoms with Crippen molar-refractivity contribution in [2.24, 2.45) is 11.8 Å². The van der Waals surface area contributed by atoms with Gasteiger partial charge in [-0.15, -0.1) is 0 Å². The van der Waals surface area contributed by atoms with E-state index in [-0.39, 0.29) is 10.6 Å². The van der Waals surface area contributed by atoms with Crippen molar-refractivity contribution >= 4 is 27.5 Å². The molecule has 0 N–H and O–H groups in total. The summed E-state index contributed by atoms with van der Waals surface area (Å²) in [5.41, 5.74) is 1.73. The molecule has 3 heteroatoms. The maximum absolute atomic E-state index is 13.5. The zero-order chi connectivity index (χ0) is 15.4. The average Bonchev–Trinajstić information content (AvgIpc) is 2.48. The molecule has 0 nitrogen and oxygen atoms in total. The number of hydrogen-bond acceptors (Lipinski definition) is 0. The zero-order valence-electron chi connectivity index (χ0n) is 13.0. The van der Waals surface area contributed by atoms with Crippen LogP contribution in [0.25, 0.3) is 0 Å². The fraction of sp³-hybridized carbons (Fsp3) is 0.667. The Morgan fingerprint density at radius 2 is 1.95 bits per heavy atom. The molecule has 0 aliphatic heterocycles. The summed E-state index contributed by atoms with van der Waals surface area (Å²) in [5, 5.41) is 0.549. The van der Waals surface area contributed by atoms with Gasteiger partial charge in [-0.05, 0) is 48.8 Å². The van der Waals surface area contributed by atoms with Crippen molar-refractivity contribution in [1.29, 1.82) is 0 Å². The van der Waals surface area contributed by atoms with E-state index in [1.54, 1.807) is 6.92 Å². The van der Waals surface area contributed by atoms with Crippen LogP contribution in [0.2, 0.25) is 5.02 Å². The topological polar surface area (TPSA) is 0 Å². The fourth-order valence-corrected chi connectivity index (χ4v) is 4.71. The second-order valence-corrected chi connectivity index (χ2v) is 7.84. The van der Waals surface area contributed by atoms with Crippen molar-refractivity contribution in [2.45, 2.75) is 63.6 Å². The van der Waals surface area contributed by atoms with Gasteiger partial charge in [-0.1, -0.05) is 72.6 Å². The highest BCUT2D eigenvalue weighted by Crippen LogP contribution is 2.44. The van der Waals surface area contributed by atoms with E-state index < -0.39 is 0 Å². The molecule has 0 amide bonds. The van der Waals surface area contributed by atoms with Crippen molar-refractivity contribution in [1.82, 2.24) is 0 Å². The molecular weight excluding hydrogens is 351 g/mol. The quantitative estimate of drug-likeness (QED) is 0.476. The van der Waals surface area contributed by atoms with Crippen LogP contribution in [0.5, 0.6) is 0 Å². The van der Waals surface area contributed by atoms with Crippen molar-refractivity contribution in [3.63, 3.8) is 0 Å². The van der Waals surface area contributed by atoms with Crippen LogP contribution < -0.4 is 0 Å². The molecule has 0 saturated heterocycles. The number of unbranched alkanes of at least 4 members (excludes halogenated alkanes) is 1. The summed E-state index contributed by atoms with van der Waals surface area (Å²) < 4.78 is 13.5. The maximum atomic E-state index is 13.5. The van der Waals surface area contributed by atoms with Crippen LogP contribution in [-0.4, -0.2) is 0 Å². The van der Waals surface area contributed by atoms with Crippen molar-refractivity contribution in [3.8, 4) is 0 Å². The lowest BCUT2D eigenvalue weighted by molar-refractivity contribution is 0.257. The lowest BCUT2D eigenvalue weighted by Crippen LogP contribution is -2.18. The summed E-state index contributed by atoms with van der Waals surface area (Å²) in [4.78, 5) is 0.247. The van der Waals surface area contributed by atoms with E-state index in [1.807, 2.05) is 6.07 Å². The van der Waals surface area contributed by atoms with Gasteiger partial charge in [0.05, 0.1) is 0 Å². The third-order valence-corrected chi connectivity index (χ3v) is 6.41. The lowest BCUT2D eigenvalue weighted by atomic mass is 9.77. The van der Waals surface area contributed by atoms with Crippen molar-refractivity contribution in [2.75, 3.05) is 0 Å². The summed E-state index contributed by atoms with van der Waals surface area (Å²) in [7, 11) is 0. The third-order valence-electron chi connectivity index (χ3n) is 4.85. The molecule has 1 saturated carbocycles. The van der Waals surface area contributed by atoms with Gasteiger partial charge in [-0.25, -0.2) is 4.39 Å². The number of hydrogen-bond donors (Lipinski definition) is 0. The molecule has 1 atom stereocenters. The van der Waals surface area contributed by atoms with Crippen molar-refractivity contribution in [3.05, 3.63) is 34.1 Å². The largest absolute Gasteiger partial charge is 0.207 e. The Hall–Kier alpha value is -0.0800. The standard InChI is InChI=1S/C18H25BrClF/c1-3-4-5-13-6-8-14(9-7-13)18(19)15-10-12(2)17(21)11-16(15)20/h10-11,13-14,18H,3-9H2,1-2H3. The number of halogens is 3. The molecule has 0 spiro atoms. The maximum Gasteiger partial charge on any atom is 0.127 e. The second-order valence-electron chi connectivity index (χ2n) is 6.45. The first-order valence-electron chi connectivity index (χ1n) is 8.12. The zero-order valence-corrected chi connectivity index (χ0v) is 15.3. The van der Waals surface area contributed by atoms with E-state index in [1.165, 1.54) is 51.0 Å². The van der Waals surface area contributed by atoms with Gasteiger partial charge >= 0.3 is 0 Å². The molecular formula is C18H25BrClF. The summed E-state index contributed by atoms with van der Waals surface area (Å²) in [6, 6.07) is 3.35. The van der Waals surface area contributed by atoms with E-state index in [9.17, 15) is 4.39 Å². The molecule has 2 rings (SSSR count). The molecule has 1 aliphatic carbocycles. The summed E-state index contributed by atoms with van der Waals surface area (Å²) >= 11 is 10.1. The molecule has 118 valence electrons. The van der Waals surface area contributed by atoms with Crippen LogP contribution in [0.1, 0.15) is 67.8 Å². The molecule has 1 aliphatic rings. The minimum Gasteiger partial charge on any atom is -0.207 e.